The van der Waals surface area contributed by atoms with E-state index in [2.05, 4.69) is 31.4 Å². The molecule has 0 aliphatic rings. The van der Waals surface area contributed by atoms with Crippen molar-refractivity contribution in [2.75, 3.05) is 11.1 Å². The maximum Gasteiger partial charge on any atom is 0.277 e. The number of nitrogens with one attached hydrogen (secondary N) is 1. The van der Waals surface area contributed by atoms with Crippen molar-refractivity contribution in [2.45, 2.75) is 11.6 Å². The van der Waals surface area contributed by atoms with E-state index in [0.717, 1.165) is 10.0 Å². The Kier molecular flexibility index (Phi) is 6.12. The molecule has 0 fully saturated rings. The molecule has 1 heterocycles. The number of carbonyl (C=O) groups excluding carboxylic acids is 1. The predicted octanol–water partition coefficient (Wildman–Crippen LogP) is 4.81. The van der Waals surface area contributed by atoms with Crippen LogP contribution in [0.3, 0.4) is 0 Å². The first-order valence-corrected chi connectivity index (χ1v) is 9.50. The van der Waals surface area contributed by atoms with Crippen LogP contribution in [0.4, 0.5) is 5.69 Å². The van der Waals surface area contributed by atoms with Gasteiger partial charge in [0, 0.05) is 10.2 Å². The third-order valence-corrected chi connectivity index (χ3v) is 5.23. The summed E-state index contributed by atoms with van der Waals surface area (Å²) in [5, 5.41) is 11.6. The van der Waals surface area contributed by atoms with Crippen LogP contribution in [-0.2, 0) is 11.2 Å². The van der Waals surface area contributed by atoms with Gasteiger partial charge in [-0.2, -0.15) is 0 Å². The molecule has 0 saturated carbocycles. The highest BCUT2D eigenvalue weighted by atomic mass is 79.9. The molecular formula is C17H13BrClN3O2S. The highest BCUT2D eigenvalue weighted by molar-refractivity contribution is 9.10. The standard InChI is InChI=1S/C17H13BrClN3O2S/c18-13-7-6-12(9-14(13)19)20-15(23)10-25-17-22-21-16(24-17)8-11-4-2-1-3-5-11/h1-7,9H,8,10H2,(H,20,23). The fourth-order valence-electron chi connectivity index (χ4n) is 2.04. The van der Waals surface area contributed by atoms with Crippen molar-refractivity contribution in [1.82, 2.24) is 10.2 Å². The number of aromatic nitrogens is 2. The van der Waals surface area contributed by atoms with Crippen molar-refractivity contribution in [1.29, 1.82) is 0 Å². The summed E-state index contributed by atoms with van der Waals surface area (Å²) in [5.74, 6) is 0.515. The van der Waals surface area contributed by atoms with Crippen molar-refractivity contribution >= 4 is 50.9 Å². The second-order valence-corrected chi connectivity index (χ2v) is 7.28. The SMILES string of the molecule is O=C(CSc1nnc(Cc2ccccc2)o1)Nc1ccc(Br)c(Cl)c1. The molecule has 0 aliphatic heterocycles. The molecule has 5 nitrogen and oxygen atoms in total. The Labute approximate surface area is 162 Å². The van der Waals surface area contributed by atoms with E-state index in [9.17, 15) is 4.79 Å². The number of amides is 1. The van der Waals surface area contributed by atoms with Crippen molar-refractivity contribution in [3.05, 3.63) is 69.5 Å². The zero-order valence-corrected chi connectivity index (χ0v) is 16.1. The minimum atomic E-state index is -0.175. The first-order valence-electron chi connectivity index (χ1n) is 7.34. The normalized spacial score (nSPS) is 10.6. The minimum absolute atomic E-state index is 0.167. The Morgan fingerprint density at radius 3 is 2.76 bits per heavy atom. The number of thioether (sulfide) groups is 1. The first-order chi connectivity index (χ1) is 12.1. The molecule has 128 valence electrons. The summed E-state index contributed by atoms with van der Waals surface area (Å²) < 4.78 is 6.33. The molecule has 3 rings (SSSR count). The van der Waals surface area contributed by atoms with Crippen LogP contribution in [0.25, 0.3) is 0 Å². The van der Waals surface area contributed by atoms with Gasteiger partial charge in [0.25, 0.3) is 5.22 Å². The summed E-state index contributed by atoms with van der Waals surface area (Å²) in [6.45, 7) is 0. The van der Waals surface area contributed by atoms with Gasteiger partial charge < -0.3 is 9.73 Å². The molecule has 0 aliphatic carbocycles. The van der Waals surface area contributed by atoms with E-state index in [1.807, 2.05) is 30.3 Å². The fourth-order valence-corrected chi connectivity index (χ4v) is 3.04. The fraction of sp³-hybridized carbons (Fsp3) is 0.118. The van der Waals surface area contributed by atoms with Crippen molar-refractivity contribution in [2.24, 2.45) is 0 Å². The van der Waals surface area contributed by atoms with Gasteiger partial charge in [-0.3, -0.25) is 4.79 Å². The first kappa shape index (κ1) is 18.0. The van der Waals surface area contributed by atoms with Gasteiger partial charge in [-0.05, 0) is 39.7 Å². The van der Waals surface area contributed by atoms with Crippen LogP contribution in [-0.4, -0.2) is 21.9 Å². The number of hydrogen-bond acceptors (Lipinski definition) is 5. The summed E-state index contributed by atoms with van der Waals surface area (Å²) in [6, 6.07) is 15.1. The average molecular weight is 439 g/mol. The van der Waals surface area contributed by atoms with Crippen LogP contribution in [0.15, 0.2) is 62.6 Å². The molecule has 3 aromatic rings. The number of rotatable bonds is 6. The van der Waals surface area contributed by atoms with Gasteiger partial charge in [-0.25, -0.2) is 0 Å². The number of halogens is 2. The van der Waals surface area contributed by atoms with E-state index < -0.39 is 0 Å². The summed E-state index contributed by atoms with van der Waals surface area (Å²) >= 11 is 10.5. The number of nitrogens with zero attached hydrogens (tertiary/aromatic N) is 2. The second kappa shape index (κ2) is 8.51. The van der Waals surface area contributed by atoms with Crippen molar-refractivity contribution in [3.63, 3.8) is 0 Å². The molecular weight excluding hydrogens is 426 g/mol. The Bertz CT molecular complexity index is 873. The Morgan fingerprint density at radius 2 is 2.00 bits per heavy atom. The molecule has 1 N–H and O–H groups in total. The molecule has 0 unspecified atom stereocenters. The van der Waals surface area contributed by atoms with Gasteiger partial charge in [0.05, 0.1) is 17.2 Å². The van der Waals surface area contributed by atoms with Gasteiger partial charge >= 0.3 is 0 Å². The van der Waals surface area contributed by atoms with E-state index in [0.29, 0.717) is 28.2 Å². The molecule has 2 aromatic carbocycles. The predicted molar refractivity (Wildman–Crippen MR) is 102 cm³/mol. The second-order valence-electron chi connectivity index (χ2n) is 5.09. The van der Waals surface area contributed by atoms with E-state index in [-0.39, 0.29) is 11.7 Å². The highest BCUT2D eigenvalue weighted by Crippen LogP contribution is 2.26. The molecule has 0 saturated heterocycles. The van der Waals surface area contributed by atoms with Crippen LogP contribution in [0.1, 0.15) is 11.5 Å². The minimum Gasteiger partial charge on any atom is -0.416 e. The smallest absolute Gasteiger partial charge is 0.277 e. The van der Waals surface area contributed by atoms with Crippen LogP contribution in [0.5, 0.6) is 0 Å². The topological polar surface area (TPSA) is 68.0 Å². The van der Waals surface area contributed by atoms with Crippen LogP contribution < -0.4 is 5.32 Å². The highest BCUT2D eigenvalue weighted by Gasteiger charge is 2.11. The molecule has 1 amide bonds. The molecule has 0 spiro atoms. The summed E-state index contributed by atoms with van der Waals surface area (Å²) in [5.41, 5.74) is 1.72. The Morgan fingerprint density at radius 1 is 1.20 bits per heavy atom. The molecule has 25 heavy (non-hydrogen) atoms. The number of anilines is 1. The number of hydrogen-bond donors (Lipinski definition) is 1. The van der Waals surface area contributed by atoms with Gasteiger partial charge in [0.2, 0.25) is 11.8 Å². The average Bonchev–Trinajstić information content (AvgIpc) is 3.05. The largest absolute Gasteiger partial charge is 0.416 e. The quantitative estimate of drug-likeness (QED) is 0.560. The van der Waals surface area contributed by atoms with Crippen LogP contribution in [0, 0.1) is 0 Å². The lowest BCUT2D eigenvalue weighted by molar-refractivity contribution is -0.113. The van der Waals surface area contributed by atoms with E-state index in [1.165, 1.54) is 11.8 Å². The third kappa shape index (κ3) is 5.32. The maximum absolute atomic E-state index is 12.0. The van der Waals surface area contributed by atoms with E-state index in [4.69, 9.17) is 16.0 Å². The van der Waals surface area contributed by atoms with Gasteiger partial charge in [-0.15, -0.1) is 10.2 Å². The van der Waals surface area contributed by atoms with Crippen molar-refractivity contribution in [3.8, 4) is 0 Å². The van der Waals surface area contributed by atoms with Gasteiger partial charge in [0.15, 0.2) is 0 Å². The van der Waals surface area contributed by atoms with Crippen molar-refractivity contribution < 1.29 is 9.21 Å². The summed E-state index contributed by atoms with van der Waals surface area (Å²) in [4.78, 5) is 12.0. The lowest BCUT2D eigenvalue weighted by atomic mass is 10.2. The summed E-state index contributed by atoms with van der Waals surface area (Å²) in [7, 11) is 0. The monoisotopic (exact) mass is 437 g/mol. The maximum atomic E-state index is 12.0. The zero-order valence-electron chi connectivity index (χ0n) is 12.9. The Balaban J connectivity index is 1.51. The molecule has 1 aromatic heterocycles. The lowest BCUT2D eigenvalue weighted by Crippen LogP contribution is -2.13. The van der Waals surface area contributed by atoms with Gasteiger partial charge in [0.1, 0.15) is 0 Å². The van der Waals surface area contributed by atoms with E-state index in [1.54, 1.807) is 18.2 Å². The van der Waals surface area contributed by atoms with Crippen LogP contribution >= 0.6 is 39.3 Å². The number of benzene rings is 2. The Hall–Kier alpha value is -1.83. The lowest BCUT2D eigenvalue weighted by Gasteiger charge is -2.05. The summed E-state index contributed by atoms with van der Waals surface area (Å²) in [6.07, 6.45) is 0.567. The van der Waals surface area contributed by atoms with Crippen LogP contribution in [0.2, 0.25) is 5.02 Å². The van der Waals surface area contributed by atoms with Gasteiger partial charge in [-0.1, -0.05) is 53.7 Å². The molecule has 0 bridgehead atoms. The molecule has 8 heteroatoms. The molecule has 0 atom stereocenters. The molecule has 0 radical (unpaired) electrons. The number of carbonyl (C=O) groups is 1. The zero-order chi connectivity index (χ0) is 17.6. The third-order valence-electron chi connectivity index (χ3n) is 3.18. The van der Waals surface area contributed by atoms with E-state index >= 15 is 0 Å².